The van der Waals surface area contributed by atoms with Crippen LogP contribution in [-0.2, 0) is 14.6 Å². The van der Waals surface area contributed by atoms with Crippen molar-refractivity contribution in [1.82, 2.24) is 10.2 Å². The van der Waals surface area contributed by atoms with Gasteiger partial charge in [-0.2, -0.15) is 0 Å². The van der Waals surface area contributed by atoms with Gasteiger partial charge in [0.1, 0.15) is 0 Å². The highest BCUT2D eigenvalue weighted by molar-refractivity contribution is 7.91. The molecule has 6 heteroatoms. The van der Waals surface area contributed by atoms with Crippen molar-refractivity contribution in [3.8, 4) is 12.3 Å². The van der Waals surface area contributed by atoms with Crippen molar-refractivity contribution < 1.29 is 13.2 Å². The SMILES string of the molecule is C#CCN(C(=O)[C@@H]1CNC[C@H]1C)C1CCS(=O)(=O)C1. The number of terminal acetylenes is 1. The Balaban J connectivity index is 2.12. The van der Waals surface area contributed by atoms with Crippen molar-refractivity contribution in [2.75, 3.05) is 31.1 Å². The predicted octanol–water partition coefficient (Wildman–Crippen LogP) is -0.509. The Kier molecular flexibility index (Phi) is 4.16. The highest BCUT2D eigenvalue weighted by Gasteiger charge is 2.39. The fraction of sp³-hybridized carbons (Fsp3) is 0.769. The summed E-state index contributed by atoms with van der Waals surface area (Å²) in [6.45, 7) is 3.70. The molecule has 0 spiro atoms. The van der Waals surface area contributed by atoms with Gasteiger partial charge in [-0.15, -0.1) is 6.42 Å². The number of hydrogen-bond donors (Lipinski definition) is 1. The molecule has 5 nitrogen and oxygen atoms in total. The molecule has 1 N–H and O–H groups in total. The molecule has 0 aromatic heterocycles. The molecule has 2 rings (SSSR count). The van der Waals surface area contributed by atoms with Crippen molar-refractivity contribution in [3.63, 3.8) is 0 Å². The third kappa shape index (κ3) is 3.10. The minimum atomic E-state index is -3.01. The van der Waals surface area contributed by atoms with Gasteiger partial charge < -0.3 is 10.2 Å². The monoisotopic (exact) mass is 284 g/mol. The number of carbonyl (C=O) groups excluding carboxylic acids is 1. The van der Waals surface area contributed by atoms with E-state index in [-0.39, 0.29) is 41.8 Å². The molecule has 2 saturated heterocycles. The molecule has 0 aromatic carbocycles. The van der Waals surface area contributed by atoms with E-state index in [2.05, 4.69) is 11.2 Å². The third-order valence-corrected chi connectivity index (χ3v) is 5.78. The molecule has 2 aliphatic rings. The fourth-order valence-electron chi connectivity index (χ4n) is 2.86. The zero-order valence-corrected chi connectivity index (χ0v) is 11.9. The molecule has 2 fully saturated rings. The summed E-state index contributed by atoms with van der Waals surface area (Å²) in [5.41, 5.74) is 0. The summed E-state index contributed by atoms with van der Waals surface area (Å²) in [5.74, 6) is 2.87. The number of hydrogen-bond acceptors (Lipinski definition) is 4. The minimum absolute atomic E-state index is 0.00227. The summed E-state index contributed by atoms with van der Waals surface area (Å²) >= 11 is 0. The van der Waals surface area contributed by atoms with Gasteiger partial charge in [0.25, 0.3) is 0 Å². The van der Waals surface area contributed by atoms with Crippen LogP contribution in [0.4, 0.5) is 0 Å². The summed E-state index contributed by atoms with van der Waals surface area (Å²) in [6.07, 6.45) is 5.83. The summed E-state index contributed by atoms with van der Waals surface area (Å²) in [7, 11) is -3.01. The van der Waals surface area contributed by atoms with Crippen molar-refractivity contribution in [3.05, 3.63) is 0 Å². The van der Waals surface area contributed by atoms with E-state index in [1.165, 1.54) is 0 Å². The number of nitrogens with one attached hydrogen (secondary N) is 1. The van der Waals surface area contributed by atoms with Crippen LogP contribution in [-0.4, -0.2) is 56.4 Å². The maximum atomic E-state index is 12.5. The van der Waals surface area contributed by atoms with Crippen LogP contribution in [0.25, 0.3) is 0 Å². The first kappa shape index (κ1) is 14.4. The molecule has 0 aliphatic carbocycles. The quantitative estimate of drug-likeness (QED) is 0.709. The average molecular weight is 284 g/mol. The van der Waals surface area contributed by atoms with Crippen LogP contribution in [0.2, 0.25) is 0 Å². The van der Waals surface area contributed by atoms with Crippen molar-refractivity contribution in [2.45, 2.75) is 19.4 Å². The highest BCUT2D eigenvalue weighted by Crippen LogP contribution is 2.24. The smallest absolute Gasteiger partial charge is 0.228 e. The molecule has 1 amide bonds. The lowest BCUT2D eigenvalue weighted by atomic mass is 9.96. The van der Waals surface area contributed by atoms with Crippen LogP contribution in [0, 0.1) is 24.2 Å². The summed E-state index contributed by atoms with van der Waals surface area (Å²) in [4.78, 5) is 14.1. The Morgan fingerprint density at radius 2 is 2.21 bits per heavy atom. The Hall–Kier alpha value is -1.06. The zero-order chi connectivity index (χ0) is 14.0. The van der Waals surface area contributed by atoms with Crippen molar-refractivity contribution in [2.24, 2.45) is 11.8 Å². The summed E-state index contributed by atoms with van der Waals surface area (Å²) < 4.78 is 23.1. The summed E-state index contributed by atoms with van der Waals surface area (Å²) in [6, 6.07) is -0.249. The van der Waals surface area contributed by atoms with Gasteiger partial charge in [-0.25, -0.2) is 8.42 Å². The van der Waals surface area contributed by atoms with E-state index >= 15 is 0 Å². The lowest BCUT2D eigenvalue weighted by Gasteiger charge is -2.30. The Morgan fingerprint density at radius 3 is 2.68 bits per heavy atom. The van der Waals surface area contributed by atoms with Gasteiger partial charge >= 0.3 is 0 Å². The van der Waals surface area contributed by atoms with Crippen molar-refractivity contribution in [1.29, 1.82) is 0 Å². The number of rotatable bonds is 3. The molecule has 106 valence electrons. The van der Waals surface area contributed by atoms with Gasteiger partial charge in [0.05, 0.1) is 24.0 Å². The van der Waals surface area contributed by atoms with Crippen LogP contribution >= 0.6 is 0 Å². The van der Waals surface area contributed by atoms with E-state index in [9.17, 15) is 13.2 Å². The standard InChI is InChI=1S/C13H20N2O3S/c1-3-5-15(11-4-6-19(17,18)9-11)13(16)12-8-14-7-10(12)2/h1,10-12,14H,4-9H2,2H3/t10-,11?,12-/m1/s1. The van der Waals surface area contributed by atoms with Crippen LogP contribution < -0.4 is 5.32 Å². The van der Waals surface area contributed by atoms with Crippen LogP contribution in [0.1, 0.15) is 13.3 Å². The Bertz CT molecular complexity index is 495. The van der Waals surface area contributed by atoms with Gasteiger partial charge in [-0.05, 0) is 18.9 Å². The highest BCUT2D eigenvalue weighted by atomic mass is 32.2. The molecule has 0 saturated carbocycles. The molecule has 2 aliphatic heterocycles. The van der Waals surface area contributed by atoms with E-state index < -0.39 is 9.84 Å². The van der Waals surface area contributed by atoms with Gasteiger partial charge in [0.2, 0.25) is 5.91 Å². The van der Waals surface area contributed by atoms with E-state index in [1.54, 1.807) is 4.90 Å². The molecule has 0 radical (unpaired) electrons. The van der Waals surface area contributed by atoms with Gasteiger partial charge in [-0.3, -0.25) is 4.79 Å². The van der Waals surface area contributed by atoms with Crippen LogP contribution in [0.5, 0.6) is 0 Å². The normalized spacial score (nSPS) is 32.9. The molecular weight excluding hydrogens is 264 g/mol. The predicted molar refractivity (Wildman–Crippen MR) is 73.1 cm³/mol. The van der Waals surface area contributed by atoms with E-state index in [4.69, 9.17) is 6.42 Å². The maximum Gasteiger partial charge on any atom is 0.228 e. The third-order valence-electron chi connectivity index (χ3n) is 4.03. The second-order valence-corrected chi connectivity index (χ2v) is 7.70. The van der Waals surface area contributed by atoms with E-state index in [0.29, 0.717) is 13.0 Å². The van der Waals surface area contributed by atoms with Gasteiger partial charge in [0.15, 0.2) is 9.84 Å². The first-order valence-electron chi connectivity index (χ1n) is 6.59. The average Bonchev–Trinajstić information content (AvgIpc) is 2.91. The zero-order valence-electron chi connectivity index (χ0n) is 11.1. The molecule has 2 heterocycles. The number of nitrogens with zero attached hydrogens (tertiary/aromatic N) is 1. The first-order chi connectivity index (χ1) is 8.94. The Labute approximate surface area is 114 Å². The number of sulfone groups is 1. The first-order valence-corrected chi connectivity index (χ1v) is 8.42. The van der Waals surface area contributed by atoms with Gasteiger partial charge in [-0.1, -0.05) is 12.8 Å². The second-order valence-electron chi connectivity index (χ2n) is 5.47. The van der Waals surface area contributed by atoms with Crippen LogP contribution in [0.3, 0.4) is 0 Å². The fourth-order valence-corrected chi connectivity index (χ4v) is 4.59. The number of amides is 1. The second kappa shape index (κ2) is 5.51. The molecule has 0 aromatic rings. The van der Waals surface area contributed by atoms with Gasteiger partial charge in [0, 0.05) is 12.6 Å². The van der Waals surface area contributed by atoms with E-state index in [1.807, 2.05) is 6.92 Å². The molecular formula is C13H20N2O3S. The largest absolute Gasteiger partial charge is 0.327 e. The number of carbonyl (C=O) groups is 1. The summed E-state index contributed by atoms with van der Waals surface area (Å²) in [5, 5.41) is 3.19. The topological polar surface area (TPSA) is 66.5 Å². The Morgan fingerprint density at radius 1 is 1.47 bits per heavy atom. The molecule has 0 bridgehead atoms. The molecule has 19 heavy (non-hydrogen) atoms. The molecule has 1 unspecified atom stereocenters. The van der Waals surface area contributed by atoms with Crippen LogP contribution in [0.15, 0.2) is 0 Å². The maximum absolute atomic E-state index is 12.5. The molecule has 3 atom stereocenters. The van der Waals surface area contributed by atoms with E-state index in [0.717, 1.165) is 6.54 Å². The minimum Gasteiger partial charge on any atom is -0.327 e. The lowest BCUT2D eigenvalue weighted by molar-refractivity contribution is -0.137. The lowest BCUT2D eigenvalue weighted by Crippen LogP contribution is -2.46. The van der Waals surface area contributed by atoms with Crippen molar-refractivity contribution >= 4 is 15.7 Å².